The standard InChI is InChI=1S/C40H78N2/c1-5-8-10-12-14-16-18-20-21-22-24-26-28-30-32-35-39(40-41-36-37-42(40)38(4)33-7-3)34-31-29-27-25-23-19-17-15-13-11-9-6-2/h36-39H,5-35H2,1-4H3. The molecule has 0 spiro atoms. The third-order valence-corrected chi connectivity index (χ3v) is 9.81. The smallest absolute Gasteiger partial charge is 0.111 e. The molecule has 2 nitrogen and oxygen atoms in total. The Labute approximate surface area is 266 Å². The molecule has 0 bridgehead atoms. The van der Waals surface area contributed by atoms with E-state index in [9.17, 15) is 0 Å². The highest BCUT2D eigenvalue weighted by molar-refractivity contribution is 5.02. The lowest BCUT2D eigenvalue weighted by Crippen LogP contribution is -2.13. The minimum Gasteiger partial charge on any atom is -0.332 e. The van der Waals surface area contributed by atoms with E-state index in [-0.39, 0.29) is 0 Å². The molecule has 0 fully saturated rings. The third kappa shape index (κ3) is 21.8. The second-order valence-corrected chi connectivity index (χ2v) is 13.9. The van der Waals surface area contributed by atoms with E-state index in [1.54, 1.807) is 0 Å². The molecule has 0 aliphatic rings. The second-order valence-electron chi connectivity index (χ2n) is 13.9. The summed E-state index contributed by atoms with van der Waals surface area (Å²) in [6, 6.07) is 0.582. The summed E-state index contributed by atoms with van der Waals surface area (Å²) in [5.74, 6) is 2.05. The van der Waals surface area contributed by atoms with Crippen molar-refractivity contribution in [2.45, 2.75) is 239 Å². The average molecular weight is 587 g/mol. The molecule has 2 unspecified atom stereocenters. The van der Waals surface area contributed by atoms with E-state index in [0.717, 1.165) is 0 Å². The number of hydrogen-bond acceptors (Lipinski definition) is 1. The Hall–Kier alpha value is -0.790. The highest BCUT2D eigenvalue weighted by Gasteiger charge is 2.19. The van der Waals surface area contributed by atoms with Gasteiger partial charge < -0.3 is 4.57 Å². The van der Waals surface area contributed by atoms with Crippen molar-refractivity contribution < 1.29 is 0 Å². The van der Waals surface area contributed by atoms with E-state index in [1.165, 1.54) is 205 Å². The molecule has 0 aromatic carbocycles. The number of aromatic nitrogens is 2. The molecule has 0 aliphatic carbocycles. The van der Waals surface area contributed by atoms with E-state index in [0.29, 0.717) is 12.0 Å². The van der Waals surface area contributed by atoms with Gasteiger partial charge in [-0.15, -0.1) is 0 Å². The van der Waals surface area contributed by atoms with Crippen LogP contribution in [0.2, 0.25) is 0 Å². The number of rotatable bonds is 33. The monoisotopic (exact) mass is 587 g/mol. The maximum Gasteiger partial charge on any atom is 0.111 e. The van der Waals surface area contributed by atoms with Crippen LogP contribution in [0, 0.1) is 0 Å². The zero-order valence-electron chi connectivity index (χ0n) is 29.6. The zero-order valence-corrected chi connectivity index (χ0v) is 29.6. The van der Waals surface area contributed by atoms with Gasteiger partial charge in [-0.1, -0.05) is 201 Å². The van der Waals surface area contributed by atoms with E-state index < -0.39 is 0 Å². The predicted molar refractivity (Wildman–Crippen MR) is 190 cm³/mol. The summed E-state index contributed by atoms with van der Waals surface area (Å²) >= 11 is 0. The first kappa shape index (κ1) is 39.2. The van der Waals surface area contributed by atoms with Crippen molar-refractivity contribution in [2.24, 2.45) is 0 Å². The summed E-state index contributed by atoms with van der Waals surface area (Å²) in [5, 5.41) is 0. The normalized spacial score (nSPS) is 13.1. The second kappa shape index (κ2) is 30.2. The lowest BCUT2D eigenvalue weighted by molar-refractivity contribution is 0.421. The molecule has 0 N–H and O–H groups in total. The van der Waals surface area contributed by atoms with Crippen molar-refractivity contribution in [3.8, 4) is 0 Å². The molecule has 1 heterocycles. The van der Waals surface area contributed by atoms with Crippen molar-refractivity contribution in [1.29, 1.82) is 0 Å². The highest BCUT2D eigenvalue weighted by atomic mass is 15.1. The van der Waals surface area contributed by atoms with Gasteiger partial charge in [-0.05, 0) is 26.2 Å². The first-order valence-electron chi connectivity index (χ1n) is 19.8. The van der Waals surface area contributed by atoms with E-state index in [4.69, 9.17) is 4.98 Å². The van der Waals surface area contributed by atoms with Crippen LogP contribution in [-0.2, 0) is 0 Å². The van der Waals surface area contributed by atoms with Crippen LogP contribution in [0.5, 0.6) is 0 Å². The van der Waals surface area contributed by atoms with Gasteiger partial charge >= 0.3 is 0 Å². The summed E-state index contributed by atoms with van der Waals surface area (Å²) in [6.07, 6.45) is 48.4. The van der Waals surface area contributed by atoms with Crippen LogP contribution in [0.3, 0.4) is 0 Å². The average Bonchev–Trinajstić information content (AvgIpc) is 3.49. The Morgan fingerprint density at radius 2 is 0.786 bits per heavy atom. The Morgan fingerprint density at radius 3 is 1.12 bits per heavy atom. The summed E-state index contributed by atoms with van der Waals surface area (Å²) in [7, 11) is 0. The minimum atomic E-state index is 0.582. The van der Waals surface area contributed by atoms with Crippen LogP contribution < -0.4 is 0 Å². The molecule has 0 amide bonds. The fourth-order valence-corrected chi connectivity index (χ4v) is 6.97. The Morgan fingerprint density at radius 1 is 0.452 bits per heavy atom. The van der Waals surface area contributed by atoms with Gasteiger partial charge in [0.05, 0.1) is 0 Å². The van der Waals surface area contributed by atoms with Gasteiger partial charge in [0.1, 0.15) is 5.82 Å². The molecule has 1 aromatic rings. The summed E-state index contributed by atoms with van der Waals surface area (Å²) in [5.41, 5.74) is 0. The van der Waals surface area contributed by atoms with Crippen LogP contribution in [0.1, 0.15) is 245 Å². The molecule has 1 rings (SSSR count). The number of hydrogen-bond donors (Lipinski definition) is 0. The largest absolute Gasteiger partial charge is 0.332 e. The van der Waals surface area contributed by atoms with Crippen LogP contribution >= 0.6 is 0 Å². The van der Waals surface area contributed by atoms with Crippen LogP contribution in [-0.4, -0.2) is 9.55 Å². The van der Waals surface area contributed by atoms with E-state index >= 15 is 0 Å². The topological polar surface area (TPSA) is 17.8 Å². The Kier molecular flexibility index (Phi) is 28.3. The Bertz CT molecular complexity index is 650. The molecule has 2 atom stereocenters. The van der Waals surface area contributed by atoms with Gasteiger partial charge in [-0.3, -0.25) is 0 Å². The molecular weight excluding hydrogens is 508 g/mol. The fourth-order valence-electron chi connectivity index (χ4n) is 6.97. The maximum absolute atomic E-state index is 4.95. The Balaban J connectivity index is 2.22. The van der Waals surface area contributed by atoms with Gasteiger partial charge in [0.15, 0.2) is 0 Å². The van der Waals surface area contributed by atoms with Crippen LogP contribution in [0.4, 0.5) is 0 Å². The number of nitrogens with zero attached hydrogens (tertiary/aromatic N) is 2. The molecule has 0 aliphatic heterocycles. The van der Waals surface area contributed by atoms with Crippen LogP contribution in [0.25, 0.3) is 0 Å². The van der Waals surface area contributed by atoms with Crippen molar-refractivity contribution in [2.75, 3.05) is 0 Å². The highest BCUT2D eigenvalue weighted by Crippen LogP contribution is 2.30. The predicted octanol–water partition coefficient (Wildman–Crippen LogP) is 14.7. The first-order valence-corrected chi connectivity index (χ1v) is 19.8. The number of unbranched alkanes of at least 4 members (excludes halogenated alkanes) is 25. The molecule has 42 heavy (non-hydrogen) atoms. The summed E-state index contributed by atoms with van der Waals surface area (Å²) in [6.45, 7) is 9.32. The zero-order chi connectivity index (χ0) is 30.4. The van der Waals surface area contributed by atoms with E-state index in [2.05, 4.69) is 44.7 Å². The van der Waals surface area contributed by atoms with Gasteiger partial charge in [0.25, 0.3) is 0 Å². The molecule has 2 heteroatoms. The van der Waals surface area contributed by atoms with Gasteiger partial charge in [0, 0.05) is 24.4 Å². The van der Waals surface area contributed by atoms with Crippen molar-refractivity contribution in [3.05, 3.63) is 18.2 Å². The van der Waals surface area contributed by atoms with E-state index in [1.807, 2.05) is 0 Å². The van der Waals surface area contributed by atoms with Gasteiger partial charge in [-0.25, -0.2) is 4.98 Å². The fraction of sp³-hybridized carbons (Fsp3) is 0.925. The summed E-state index contributed by atoms with van der Waals surface area (Å²) in [4.78, 5) is 4.95. The van der Waals surface area contributed by atoms with Gasteiger partial charge in [0.2, 0.25) is 0 Å². The summed E-state index contributed by atoms with van der Waals surface area (Å²) < 4.78 is 2.53. The third-order valence-electron chi connectivity index (χ3n) is 9.81. The molecule has 0 saturated carbocycles. The first-order chi connectivity index (χ1) is 20.7. The molecule has 0 radical (unpaired) electrons. The molecule has 1 aromatic heterocycles. The van der Waals surface area contributed by atoms with Gasteiger partial charge in [-0.2, -0.15) is 0 Å². The molecule has 0 saturated heterocycles. The molecular formula is C40H78N2. The minimum absolute atomic E-state index is 0.582. The van der Waals surface area contributed by atoms with Crippen molar-refractivity contribution in [3.63, 3.8) is 0 Å². The maximum atomic E-state index is 4.95. The lowest BCUT2D eigenvalue weighted by Gasteiger charge is -2.22. The van der Waals surface area contributed by atoms with Crippen molar-refractivity contribution in [1.82, 2.24) is 9.55 Å². The van der Waals surface area contributed by atoms with Crippen molar-refractivity contribution >= 4 is 0 Å². The lowest BCUT2D eigenvalue weighted by atomic mass is 9.92. The number of imidazole rings is 1. The SMILES string of the molecule is CCCCCCCCCCCCCCCCCC(CCCCCCCCCCCCCC)c1nccn1C(C)CCC. The van der Waals surface area contributed by atoms with Crippen LogP contribution in [0.15, 0.2) is 12.4 Å². The quantitative estimate of drug-likeness (QED) is 0.0749. The molecule has 248 valence electrons.